The lowest BCUT2D eigenvalue weighted by Gasteiger charge is -2.27. The fourth-order valence-electron chi connectivity index (χ4n) is 2.99. The summed E-state index contributed by atoms with van der Waals surface area (Å²) in [4.78, 5) is 38.4. The van der Waals surface area contributed by atoms with Gasteiger partial charge in [0.05, 0.1) is 6.61 Å². The van der Waals surface area contributed by atoms with Gasteiger partial charge in [-0.25, -0.2) is 4.79 Å². The number of nitrogens with one attached hydrogen (secondary N) is 3. The van der Waals surface area contributed by atoms with Crippen LogP contribution in [0.1, 0.15) is 19.8 Å². The summed E-state index contributed by atoms with van der Waals surface area (Å²) in [5, 5.41) is 8.01. The Morgan fingerprint density at radius 2 is 1.93 bits per heavy atom. The van der Waals surface area contributed by atoms with Crippen molar-refractivity contribution in [1.82, 2.24) is 5.32 Å². The van der Waals surface area contributed by atoms with Crippen LogP contribution in [0.5, 0.6) is 0 Å². The lowest BCUT2D eigenvalue weighted by Crippen LogP contribution is -2.45. The molecule has 1 aliphatic heterocycles. The number of benzene rings is 1. The van der Waals surface area contributed by atoms with Crippen LogP contribution in [0, 0.1) is 0 Å². The number of ether oxygens (including phenoxy) is 1. The van der Waals surface area contributed by atoms with E-state index in [1.54, 1.807) is 41.3 Å². The number of carbonyl (C=O) groups excluding carboxylic acids is 3. The van der Waals surface area contributed by atoms with Crippen molar-refractivity contribution in [2.24, 2.45) is 0 Å². The molecule has 0 bridgehead atoms. The standard InChI is InChI=1S/C20H23BrN4O5/c1-2-3-15(23-20(28)24-17-9-8-16(21)30-17)19(27)22-13-4-6-14(7-5-13)25-10-11-29-12-18(25)26/h4-9,15H,2-3,10-12H2,1H3,(H,22,27)(H2,23,24,28). The molecule has 1 aliphatic rings. The van der Waals surface area contributed by atoms with Crippen molar-refractivity contribution in [2.75, 3.05) is 35.3 Å². The van der Waals surface area contributed by atoms with Gasteiger partial charge in [-0.05, 0) is 52.7 Å². The van der Waals surface area contributed by atoms with Crippen molar-refractivity contribution in [3.63, 3.8) is 0 Å². The Morgan fingerprint density at radius 1 is 1.17 bits per heavy atom. The van der Waals surface area contributed by atoms with E-state index in [2.05, 4.69) is 31.9 Å². The summed E-state index contributed by atoms with van der Waals surface area (Å²) in [6.45, 7) is 2.98. The van der Waals surface area contributed by atoms with E-state index >= 15 is 0 Å². The minimum atomic E-state index is -0.714. The number of urea groups is 1. The van der Waals surface area contributed by atoms with Gasteiger partial charge in [0.25, 0.3) is 5.91 Å². The SMILES string of the molecule is CCCC(NC(=O)Nc1ccc(Br)o1)C(=O)Nc1ccc(N2CCOCC2=O)cc1. The Balaban J connectivity index is 1.58. The van der Waals surface area contributed by atoms with Crippen molar-refractivity contribution in [3.8, 4) is 0 Å². The second-order valence-corrected chi connectivity index (χ2v) is 7.46. The van der Waals surface area contributed by atoms with Gasteiger partial charge in [0, 0.05) is 24.0 Å². The third-order valence-corrected chi connectivity index (χ3v) is 4.87. The van der Waals surface area contributed by atoms with Gasteiger partial charge in [-0.2, -0.15) is 0 Å². The van der Waals surface area contributed by atoms with Crippen LogP contribution in [0.2, 0.25) is 0 Å². The maximum Gasteiger partial charge on any atom is 0.322 e. The van der Waals surface area contributed by atoms with Gasteiger partial charge in [0.15, 0.2) is 4.67 Å². The zero-order chi connectivity index (χ0) is 21.5. The van der Waals surface area contributed by atoms with Gasteiger partial charge in [-0.3, -0.25) is 14.9 Å². The fraction of sp³-hybridized carbons (Fsp3) is 0.350. The molecule has 1 fully saturated rings. The van der Waals surface area contributed by atoms with Crippen molar-refractivity contribution >= 4 is 51.0 Å². The van der Waals surface area contributed by atoms with E-state index in [1.165, 1.54) is 0 Å². The number of halogens is 1. The smallest absolute Gasteiger partial charge is 0.322 e. The molecule has 0 spiro atoms. The predicted octanol–water partition coefficient (Wildman–Crippen LogP) is 3.33. The molecule has 1 aromatic carbocycles. The molecule has 2 aromatic rings. The van der Waals surface area contributed by atoms with Crippen LogP contribution in [0.3, 0.4) is 0 Å². The lowest BCUT2D eigenvalue weighted by molar-refractivity contribution is -0.125. The molecule has 0 radical (unpaired) electrons. The Hall–Kier alpha value is -2.85. The predicted molar refractivity (Wildman–Crippen MR) is 116 cm³/mol. The molecule has 1 saturated heterocycles. The third kappa shape index (κ3) is 5.83. The summed E-state index contributed by atoms with van der Waals surface area (Å²) >= 11 is 3.16. The van der Waals surface area contributed by atoms with E-state index in [1.807, 2.05) is 6.92 Å². The zero-order valence-electron chi connectivity index (χ0n) is 16.4. The van der Waals surface area contributed by atoms with Crippen molar-refractivity contribution in [2.45, 2.75) is 25.8 Å². The maximum atomic E-state index is 12.7. The van der Waals surface area contributed by atoms with E-state index in [-0.39, 0.29) is 24.3 Å². The summed E-state index contributed by atoms with van der Waals surface area (Å²) in [6, 6.07) is 8.98. The number of morpholine rings is 1. The Labute approximate surface area is 182 Å². The Morgan fingerprint density at radius 3 is 2.57 bits per heavy atom. The van der Waals surface area contributed by atoms with E-state index in [0.29, 0.717) is 36.4 Å². The van der Waals surface area contributed by atoms with Crippen LogP contribution < -0.4 is 20.9 Å². The highest BCUT2D eigenvalue weighted by molar-refractivity contribution is 9.10. The molecule has 3 rings (SSSR count). The van der Waals surface area contributed by atoms with Crippen molar-refractivity contribution in [1.29, 1.82) is 0 Å². The molecular formula is C20H23BrN4O5. The number of nitrogens with zero attached hydrogens (tertiary/aromatic N) is 1. The highest BCUT2D eigenvalue weighted by atomic mass is 79.9. The highest BCUT2D eigenvalue weighted by Crippen LogP contribution is 2.20. The molecule has 1 unspecified atom stereocenters. The summed E-state index contributed by atoms with van der Waals surface area (Å²) in [7, 11) is 0. The van der Waals surface area contributed by atoms with Crippen molar-refractivity contribution in [3.05, 3.63) is 41.1 Å². The van der Waals surface area contributed by atoms with Crippen LogP contribution >= 0.6 is 15.9 Å². The second kappa shape index (κ2) is 10.3. The second-order valence-electron chi connectivity index (χ2n) is 6.68. The minimum Gasteiger partial charge on any atom is -0.434 e. The number of amides is 4. The molecule has 30 heavy (non-hydrogen) atoms. The Bertz CT molecular complexity index is 899. The number of hydrogen-bond acceptors (Lipinski definition) is 5. The summed E-state index contributed by atoms with van der Waals surface area (Å²) in [5.41, 5.74) is 1.32. The minimum absolute atomic E-state index is 0.0693. The van der Waals surface area contributed by atoms with Crippen LogP contribution in [-0.2, 0) is 14.3 Å². The summed E-state index contributed by atoms with van der Waals surface area (Å²) in [5.74, 6) is -0.161. The molecule has 1 aromatic heterocycles. The molecule has 2 heterocycles. The molecule has 3 N–H and O–H groups in total. The number of rotatable bonds is 7. The summed E-state index contributed by atoms with van der Waals surface area (Å²) < 4.78 is 10.9. The fourth-order valence-corrected chi connectivity index (χ4v) is 3.30. The van der Waals surface area contributed by atoms with E-state index in [0.717, 1.165) is 5.69 Å². The number of anilines is 3. The number of carbonyl (C=O) groups is 3. The zero-order valence-corrected chi connectivity index (χ0v) is 18.0. The molecule has 4 amide bonds. The third-order valence-electron chi connectivity index (χ3n) is 4.44. The largest absolute Gasteiger partial charge is 0.434 e. The van der Waals surface area contributed by atoms with Crippen molar-refractivity contribution < 1.29 is 23.5 Å². The van der Waals surface area contributed by atoms with E-state index in [9.17, 15) is 14.4 Å². The number of furan rings is 1. The average Bonchev–Trinajstić information content (AvgIpc) is 3.13. The molecule has 160 valence electrons. The van der Waals surface area contributed by atoms with Crippen LogP contribution in [-0.4, -0.2) is 43.6 Å². The van der Waals surface area contributed by atoms with Gasteiger partial charge in [0.1, 0.15) is 12.6 Å². The monoisotopic (exact) mass is 478 g/mol. The van der Waals surface area contributed by atoms with Crippen LogP contribution in [0.15, 0.2) is 45.5 Å². The average molecular weight is 479 g/mol. The maximum absolute atomic E-state index is 12.7. The van der Waals surface area contributed by atoms with Crippen LogP contribution in [0.25, 0.3) is 0 Å². The van der Waals surface area contributed by atoms with Gasteiger partial charge in [-0.1, -0.05) is 13.3 Å². The molecule has 0 saturated carbocycles. The van der Waals surface area contributed by atoms with Gasteiger partial charge >= 0.3 is 6.03 Å². The molecular weight excluding hydrogens is 456 g/mol. The quantitative estimate of drug-likeness (QED) is 0.564. The first-order valence-corrected chi connectivity index (χ1v) is 10.4. The van der Waals surface area contributed by atoms with E-state index < -0.39 is 12.1 Å². The molecule has 9 nitrogen and oxygen atoms in total. The Kier molecular flexibility index (Phi) is 7.47. The first-order valence-electron chi connectivity index (χ1n) is 9.58. The molecule has 10 heteroatoms. The highest BCUT2D eigenvalue weighted by Gasteiger charge is 2.22. The topological polar surface area (TPSA) is 113 Å². The van der Waals surface area contributed by atoms with Gasteiger partial charge < -0.3 is 24.7 Å². The van der Waals surface area contributed by atoms with Crippen LogP contribution in [0.4, 0.5) is 22.1 Å². The molecule has 0 aliphatic carbocycles. The summed E-state index contributed by atoms with van der Waals surface area (Å²) in [6.07, 6.45) is 1.18. The first kappa shape index (κ1) is 21.8. The van der Waals surface area contributed by atoms with Gasteiger partial charge in [0.2, 0.25) is 11.8 Å². The normalized spacial score (nSPS) is 14.9. The molecule has 1 atom stereocenters. The lowest BCUT2D eigenvalue weighted by atomic mass is 10.1. The number of hydrogen-bond donors (Lipinski definition) is 3. The van der Waals surface area contributed by atoms with Gasteiger partial charge in [-0.15, -0.1) is 0 Å². The first-order chi connectivity index (χ1) is 14.5. The van der Waals surface area contributed by atoms with E-state index in [4.69, 9.17) is 9.15 Å².